The number of hydrogen-bond donors (Lipinski definition) is 2. The molecule has 1 saturated carbocycles. The molecule has 0 unspecified atom stereocenters. The van der Waals surface area contributed by atoms with Crippen molar-refractivity contribution < 1.29 is 13.5 Å². The Hall–Kier alpha value is -1.11. The predicted molar refractivity (Wildman–Crippen MR) is 74.8 cm³/mol. The van der Waals surface area contributed by atoms with Crippen LogP contribution in [0.4, 0.5) is 5.69 Å². The third-order valence-electron chi connectivity index (χ3n) is 3.15. The van der Waals surface area contributed by atoms with E-state index in [1.165, 1.54) is 0 Å². The van der Waals surface area contributed by atoms with Gasteiger partial charge in [0.2, 0.25) is 10.0 Å². The van der Waals surface area contributed by atoms with Gasteiger partial charge in [-0.15, -0.1) is 0 Å². The lowest BCUT2D eigenvalue weighted by Gasteiger charge is -2.24. The Bertz CT molecular complexity index is 526. The Morgan fingerprint density at radius 1 is 1.37 bits per heavy atom. The van der Waals surface area contributed by atoms with Gasteiger partial charge in [0.05, 0.1) is 12.3 Å². The van der Waals surface area contributed by atoms with Crippen LogP contribution in [0.2, 0.25) is 0 Å². The van der Waals surface area contributed by atoms with Gasteiger partial charge in [0.1, 0.15) is 4.90 Å². The van der Waals surface area contributed by atoms with Gasteiger partial charge in [-0.2, -0.15) is 0 Å². The summed E-state index contributed by atoms with van der Waals surface area (Å²) in [6, 6.07) is 7.01. The average molecular weight is 284 g/mol. The van der Waals surface area contributed by atoms with Gasteiger partial charge < -0.3 is 10.0 Å². The van der Waals surface area contributed by atoms with Gasteiger partial charge in [0.15, 0.2) is 0 Å². The lowest BCUT2D eigenvalue weighted by molar-refractivity contribution is 0.302. The summed E-state index contributed by atoms with van der Waals surface area (Å²) in [5.74, 6) is 0. The van der Waals surface area contributed by atoms with Gasteiger partial charge in [-0.05, 0) is 31.9 Å². The maximum absolute atomic E-state index is 12.3. The van der Waals surface area contributed by atoms with Crippen molar-refractivity contribution in [1.82, 2.24) is 4.72 Å². The monoisotopic (exact) mass is 284 g/mol. The molecule has 106 valence electrons. The van der Waals surface area contributed by atoms with Crippen LogP contribution in [0.25, 0.3) is 0 Å². The van der Waals surface area contributed by atoms with Gasteiger partial charge in [-0.1, -0.05) is 12.1 Å². The summed E-state index contributed by atoms with van der Waals surface area (Å²) in [6.45, 7) is 3.01. The predicted octanol–water partition coefficient (Wildman–Crippen LogP) is 0.946. The quantitative estimate of drug-likeness (QED) is 0.782. The highest BCUT2D eigenvalue weighted by molar-refractivity contribution is 7.89. The molecule has 0 saturated heterocycles. The van der Waals surface area contributed by atoms with E-state index in [0.29, 0.717) is 18.8 Å². The molecule has 0 bridgehead atoms. The number of rotatable bonds is 7. The fourth-order valence-electron chi connectivity index (χ4n) is 2.00. The second-order valence-electron chi connectivity index (χ2n) is 4.67. The number of sulfonamides is 1. The van der Waals surface area contributed by atoms with Crippen LogP contribution in [0, 0.1) is 0 Å². The number of anilines is 1. The molecular formula is C13H20N2O3S. The van der Waals surface area contributed by atoms with Gasteiger partial charge in [-0.3, -0.25) is 0 Å². The first-order valence-corrected chi connectivity index (χ1v) is 8.04. The van der Waals surface area contributed by atoms with E-state index in [1.807, 2.05) is 17.9 Å². The molecule has 0 aliphatic heterocycles. The lowest BCUT2D eigenvalue weighted by Crippen LogP contribution is -2.31. The van der Waals surface area contributed by atoms with E-state index in [9.17, 15) is 8.42 Å². The molecule has 19 heavy (non-hydrogen) atoms. The molecule has 1 aliphatic carbocycles. The fourth-order valence-corrected chi connectivity index (χ4v) is 3.53. The first kappa shape index (κ1) is 14.3. The molecule has 0 heterocycles. The number of nitrogens with zero attached hydrogens (tertiary/aromatic N) is 1. The van der Waals surface area contributed by atoms with Crippen LogP contribution in [-0.2, 0) is 10.0 Å². The van der Waals surface area contributed by atoms with Gasteiger partial charge >= 0.3 is 0 Å². The van der Waals surface area contributed by atoms with Crippen molar-refractivity contribution in [2.24, 2.45) is 0 Å². The van der Waals surface area contributed by atoms with Crippen LogP contribution >= 0.6 is 0 Å². The Morgan fingerprint density at radius 3 is 2.63 bits per heavy atom. The zero-order chi connectivity index (χ0) is 13.9. The first-order valence-electron chi connectivity index (χ1n) is 6.55. The molecule has 1 aromatic carbocycles. The molecule has 5 nitrogen and oxygen atoms in total. The first-order chi connectivity index (χ1) is 9.08. The minimum Gasteiger partial charge on any atom is -0.395 e. The minimum absolute atomic E-state index is 0.00171. The van der Waals surface area contributed by atoms with E-state index in [2.05, 4.69) is 4.72 Å². The second-order valence-corrected chi connectivity index (χ2v) is 6.35. The highest BCUT2D eigenvalue weighted by atomic mass is 32.2. The molecule has 2 rings (SSSR count). The molecule has 1 fully saturated rings. The van der Waals surface area contributed by atoms with Crippen LogP contribution in [-0.4, -0.2) is 39.3 Å². The zero-order valence-electron chi connectivity index (χ0n) is 11.0. The molecule has 1 aromatic rings. The Morgan fingerprint density at radius 2 is 2.05 bits per heavy atom. The van der Waals surface area contributed by atoms with Crippen molar-refractivity contribution >= 4 is 15.7 Å². The average Bonchev–Trinajstić information content (AvgIpc) is 3.19. The number of benzene rings is 1. The van der Waals surface area contributed by atoms with Crippen molar-refractivity contribution in [3.05, 3.63) is 24.3 Å². The molecule has 6 heteroatoms. The number of nitrogens with one attached hydrogen (secondary N) is 1. The zero-order valence-corrected chi connectivity index (χ0v) is 11.9. The summed E-state index contributed by atoms with van der Waals surface area (Å²) in [7, 11) is -3.47. The van der Waals surface area contributed by atoms with Crippen LogP contribution in [0.1, 0.15) is 19.8 Å². The van der Waals surface area contributed by atoms with Crippen LogP contribution in [0.5, 0.6) is 0 Å². The summed E-state index contributed by atoms with van der Waals surface area (Å²) in [5, 5.41) is 9.07. The summed E-state index contributed by atoms with van der Waals surface area (Å²) >= 11 is 0. The smallest absolute Gasteiger partial charge is 0.242 e. The van der Waals surface area contributed by atoms with Crippen molar-refractivity contribution in [2.45, 2.75) is 30.7 Å². The number of likely N-dealkylation sites (N-methyl/N-ethyl adjacent to an activating group) is 1. The molecule has 0 amide bonds. The summed E-state index contributed by atoms with van der Waals surface area (Å²) < 4.78 is 27.3. The molecule has 0 spiro atoms. The Balaban J connectivity index is 2.33. The highest BCUT2D eigenvalue weighted by Gasteiger charge is 2.29. The van der Waals surface area contributed by atoms with E-state index in [0.717, 1.165) is 12.8 Å². The van der Waals surface area contributed by atoms with Gasteiger partial charge in [0, 0.05) is 19.1 Å². The lowest BCUT2D eigenvalue weighted by atomic mass is 10.3. The molecule has 0 atom stereocenters. The number of para-hydroxylation sites is 1. The van der Waals surface area contributed by atoms with Crippen molar-refractivity contribution in [2.75, 3.05) is 24.6 Å². The minimum atomic E-state index is -3.47. The Labute approximate surface area is 114 Å². The molecule has 0 aromatic heterocycles. The number of aliphatic hydroxyl groups excluding tert-OH is 1. The normalized spacial score (nSPS) is 15.5. The molecular weight excluding hydrogens is 264 g/mol. The van der Waals surface area contributed by atoms with E-state index >= 15 is 0 Å². The maximum atomic E-state index is 12.3. The van der Waals surface area contributed by atoms with E-state index < -0.39 is 10.0 Å². The van der Waals surface area contributed by atoms with Crippen molar-refractivity contribution in [3.63, 3.8) is 0 Å². The maximum Gasteiger partial charge on any atom is 0.242 e. The SMILES string of the molecule is CCN(CCO)c1ccccc1S(=O)(=O)NC1CC1. The summed E-state index contributed by atoms with van der Waals surface area (Å²) in [5.41, 5.74) is 0.646. The Kier molecular flexibility index (Phi) is 4.44. The fraction of sp³-hybridized carbons (Fsp3) is 0.538. The van der Waals surface area contributed by atoms with Gasteiger partial charge in [-0.25, -0.2) is 13.1 Å². The summed E-state index contributed by atoms with van der Waals surface area (Å²) in [4.78, 5) is 2.15. The van der Waals surface area contributed by atoms with Crippen LogP contribution < -0.4 is 9.62 Å². The molecule has 2 N–H and O–H groups in total. The van der Waals surface area contributed by atoms with Crippen molar-refractivity contribution in [3.8, 4) is 0 Å². The standard InChI is InChI=1S/C13H20N2O3S/c1-2-15(9-10-16)12-5-3-4-6-13(12)19(17,18)14-11-7-8-11/h3-6,11,14,16H,2,7-10H2,1H3. The second kappa shape index (κ2) is 5.90. The van der Waals surface area contributed by atoms with Gasteiger partial charge in [0.25, 0.3) is 0 Å². The van der Waals surface area contributed by atoms with Crippen molar-refractivity contribution in [1.29, 1.82) is 0 Å². The number of hydrogen-bond acceptors (Lipinski definition) is 4. The number of aliphatic hydroxyl groups is 1. The highest BCUT2D eigenvalue weighted by Crippen LogP contribution is 2.28. The molecule has 1 aliphatic rings. The van der Waals surface area contributed by atoms with E-state index in [4.69, 9.17) is 5.11 Å². The molecule has 0 radical (unpaired) electrons. The van der Waals surface area contributed by atoms with Crippen LogP contribution in [0.15, 0.2) is 29.2 Å². The largest absolute Gasteiger partial charge is 0.395 e. The third-order valence-corrected chi connectivity index (χ3v) is 4.71. The van der Waals surface area contributed by atoms with Crippen LogP contribution in [0.3, 0.4) is 0 Å². The summed E-state index contributed by atoms with van der Waals surface area (Å²) in [6.07, 6.45) is 1.82. The van der Waals surface area contributed by atoms with E-state index in [-0.39, 0.29) is 17.5 Å². The van der Waals surface area contributed by atoms with E-state index in [1.54, 1.807) is 18.2 Å². The third kappa shape index (κ3) is 3.46. The topological polar surface area (TPSA) is 69.6 Å².